The highest BCUT2D eigenvalue weighted by atomic mass is 16.5. The normalized spacial score (nSPS) is 10.3. The maximum absolute atomic E-state index is 11.7. The molecule has 0 atom stereocenters. The summed E-state index contributed by atoms with van der Waals surface area (Å²) in [5, 5.41) is 3.14. The second kappa shape index (κ2) is 9.14. The molecule has 0 saturated carbocycles. The van der Waals surface area contributed by atoms with Gasteiger partial charge in [-0.15, -0.1) is 0 Å². The predicted octanol–water partition coefficient (Wildman–Crippen LogP) is 2.07. The molecule has 112 valence electrons. The molecule has 0 unspecified atom stereocenters. The lowest BCUT2D eigenvalue weighted by Gasteiger charge is -2.11. The Kier molecular flexibility index (Phi) is 7.42. The van der Waals surface area contributed by atoms with Crippen molar-refractivity contribution < 1.29 is 14.3 Å². The number of carbonyl (C=O) groups is 1. The summed E-state index contributed by atoms with van der Waals surface area (Å²) >= 11 is 0. The number of nitrogen functional groups attached to an aromatic ring is 1. The van der Waals surface area contributed by atoms with Gasteiger partial charge in [0, 0.05) is 26.5 Å². The van der Waals surface area contributed by atoms with E-state index in [1.165, 1.54) is 0 Å². The molecule has 0 aliphatic heterocycles. The lowest BCUT2D eigenvalue weighted by Crippen LogP contribution is -2.12. The number of nitrogens with two attached hydrogens (primary N) is 1. The fourth-order valence-corrected chi connectivity index (χ4v) is 1.76. The Morgan fingerprint density at radius 2 is 2.20 bits per heavy atom. The van der Waals surface area contributed by atoms with Crippen LogP contribution in [0.5, 0.6) is 0 Å². The first-order valence-electron chi connectivity index (χ1n) is 6.85. The summed E-state index contributed by atoms with van der Waals surface area (Å²) in [5.74, 6) is 0.109. The average Bonchev–Trinajstić information content (AvgIpc) is 2.44. The van der Waals surface area contributed by atoms with Crippen molar-refractivity contribution in [1.82, 2.24) is 4.98 Å². The van der Waals surface area contributed by atoms with E-state index in [9.17, 15) is 4.79 Å². The summed E-state index contributed by atoms with van der Waals surface area (Å²) < 4.78 is 9.93. The largest absolute Gasteiger partial charge is 0.462 e. The molecule has 3 N–H and O–H groups in total. The molecule has 0 aliphatic carbocycles. The standard InChI is InChI=1S/C14H23N3O3/c1-3-20-14(18)11-7-9-17-13(12(11)15)16-8-5-4-6-10-19-2/h7,9H,3-6,8,10,15H2,1-2H3,(H,16,17). The summed E-state index contributed by atoms with van der Waals surface area (Å²) in [6.45, 7) is 3.61. The van der Waals surface area contributed by atoms with Crippen LogP contribution < -0.4 is 11.1 Å². The minimum Gasteiger partial charge on any atom is -0.462 e. The van der Waals surface area contributed by atoms with Gasteiger partial charge in [0.25, 0.3) is 0 Å². The molecule has 0 fully saturated rings. The Bertz CT molecular complexity index is 424. The summed E-state index contributed by atoms with van der Waals surface area (Å²) in [7, 11) is 1.70. The van der Waals surface area contributed by atoms with Gasteiger partial charge in [0.2, 0.25) is 0 Å². The molecule has 20 heavy (non-hydrogen) atoms. The van der Waals surface area contributed by atoms with Crippen LogP contribution >= 0.6 is 0 Å². The number of pyridine rings is 1. The van der Waals surface area contributed by atoms with Gasteiger partial charge in [-0.05, 0) is 32.3 Å². The zero-order valence-corrected chi connectivity index (χ0v) is 12.1. The molecule has 6 heteroatoms. The van der Waals surface area contributed by atoms with Gasteiger partial charge in [-0.2, -0.15) is 0 Å². The van der Waals surface area contributed by atoms with Gasteiger partial charge in [0.15, 0.2) is 0 Å². The monoisotopic (exact) mass is 281 g/mol. The third kappa shape index (κ3) is 5.05. The van der Waals surface area contributed by atoms with Crippen LogP contribution in [0.15, 0.2) is 12.3 Å². The van der Waals surface area contributed by atoms with Crippen LogP contribution in [0, 0.1) is 0 Å². The fourth-order valence-electron chi connectivity index (χ4n) is 1.76. The first-order chi connectivity index (χ1) is 9.70. The molecule has 0 amide bonds. The highest BCUT2D eigenvalue weighted by molar-refractivity contribution is 5.97. The van der Waals surface area contributed by atoms with Crippen molar-refractivity contribution in [2.45, 2.75) is 26.2 Å². The van der Waals surface area contributed by atoms with E-state index < -0.39 is 5.97 Å². The van der Waals surface area contributed by atoms with Crippen LogP contribution in [0.1, 0.15) is 36.5 Å². The van der Waals surface area contributed by atoms with Gasteiger partial charge in [-0.3, -0.25) is 0 Å². The number of nitrogens with zero attached hydrogens (tertiary/aromatic N) is 1. The topological polar surface area (TPSA) is 86.5 Å². The molecule has 1 rings (SSSR count). The number of ether oxygens (including phenoxy) is 2. The molecule has 0 spiro atoms. The van der Waals surface area contributed by atoms with Crippen LogP contribution in [-0.4, -0.2) is 37.8 Å². The molecule has 1 heterocycles. The van der Waals surface area contributed by atoms with E-state index in [0.717, 1.165) is 32.4 Å². The van der Waals surface area contributed by atoms with Crippen molar-refractivity contribution in [3.63, 3.8) is 0 Å². The maximum Gasteiger partial charge on any atom is 0.340 e. The van der Waals surface area contributed by atoms with E-state index in [0.29, 0.717) is 23.7 Å². The number of carbonyl (C=O) groups excluding carboxylic acids is 1. The lowest BCUT2D eigenvalue weighted by atomic mass is 10.2. The Morgan fingerprint density at radius 3 is 2.90 bits per heavy atom. The Morgan fingerprint density at radius 1 is 1.40 bits per heavy atom. The van der Waals surface area contributed by atoms with Crippen molar-refractivity contribution in [2.24, 2.45) is 0 Å². The SMILES string of the molecule is CCOC(=O)c1ccnc(NCCCCCOC)c1N. The highest BCUT2D eigenvalue weighted by Gasteiger charge is 2.14. The number of methoxy groups -OCH3 is 1. The van der Waals surface area contributed by atoms with E-state index in [2.05, 4.69) is 10.3 Å². The van der Waals surface area contributed by atoms with Crippen LogP contribution in [0.4, 0.5) is 11.5 Å². The smallest absolute Gasteiger partial charge is 0.340 e. The summed E-state index contributed by atoms with van der Waals surface area (Å²) in [6, 6.07) is 1.57. The van der Waals surface area contributed by atoms with Crippen LogP contribution in [0.2, 0.25) is 0 Å². The van der Waals surface area contributed by atoms with Gasteiger partial charge < -0.3 is 20.5 Å². The average molecular weight is 281 g/mol. The Hall–Kier alpha value is -1.82. The summed E-state index contributed by atoms with van der Waals surface area (Å²) in [5.41, 5.74) is 6.62. The number of esters is 1. The van der Waals surface area contributed by atoms with Crippen molar-refractivity contribution in [2.75, 3.05) is 37.9 Å². The van der Waals surface area contributed by atoms with Gasteiger partial charge in [-0.1, -0.05) is 0 Å². The van der Waals surface area contributed by atoms with E-state index in [4.69, 9.17) is 15.2 Å². The zero-order valence-electron chi connectivity index (χ0n) is 12.1. The zero-order chi connectivity index (χ0) is 14.8. The minimum atomic E-state index is -0.421. The third-order valence-electron chi connectivity index (χ3n) is 2.80. The van der Waals surface area contributed by atoms with Crippen molar-refractivity contribution in [3.05, 3.63) is 17.8 Å². The van der Waals surface area contributed by atoms with Gasteiger partial charge >= 0.3 is 5.97 Å². The molecule has 0 radical (unpaired) electrons. The number of nitrogens with one attached hydrogen (secondary N) is 1. The predicted molar refractivity (Wildman–Crippen MR) is 78.8 cm³/mol. The summed E-state index contributed by atoms with van der Waals surface area (Å²) in [4.78, 5) is 15.8. The van der Waals surface area contributed by atoms with Gasteiger partial charge in [0.05, 0.1) is 17.9 Å². The van der Waals surface area contributed by atoms with Crippen molar-refractivity contribution in [1.29, 1.82) is 0 Å². The van der Waals surface area contributed by atoms with E-state index in [1.54, 1.807) is 26.3 Å². The number of unbranched alkanes of at least 4 members (excludes halogenated alkanes) is 2. The Balaban J connectivity index is 2.50. The van der Waals surface area contributed by atoms with Crippen molar-refractivity contribution >= 4 is 17.5 Å². The molecule has 0 saturated heterocycles. The molecule has 1 aromatic heterocycles. The number of rotatable bonds is 9. The lowest BCUT2D eigenvalue weighted by molar-refractivity contribution is 0.0527. The molecule has 1 aromatic rings. The quantitative estimate of drug-likeness (QED) is 0.532. The highest BCUT2D eigenvalue weighted by Crippen LogP contribution is 2.20. The first kappa shape index (κ1) is 16.2. The third-order valence-corrected chi connectivity index (χ3v) is 2.80. The summed E-state index contributed by atoms with van der Waals surface area (Å²) in [6.07, 6.45) is 4.65. The Labute approximate surface area is 119 Å². The van der Waals surface area contributed by atoms with Crippen LogP contribution in [0.3, 0.4) is 0 Å². The second-order valence-electron chi connectivity index (χ2n) is 4.32. The molecular weight excluding hydrogens is 258 g/mol. The number of hydrogen-bond acceptors (Lipinski definition) is 6. The second-order valence-corrected chi connectivity index (χ2v) is 4.32. The minimum absolute atomic E-state index is 0.322. The van der Waals surface area contributed by atoms with E-state index >= 15 is 0 Å². The molecule has 0 bridgehead atoms. The number of hydrogen-bond donors (Lipinski definition) is 2. The van der Waals surface area contributed by atoms with Gasteiger partial charge in [0.1, 0.15) is 5.82 Å². The molecular formula is C14H23N3O3. The van der Waals surface area contributed by atoms with Crippen LogP contribution in [-0.2, 0) is 9.47 Å². The van der Waals surface area contributed by atoms with E-state index in [-0.39, 0.29) is 0 Å². The maximum atomic E-state index is 11.7. The van der Waals surface area contributed by atoms with Crippen LogP contribution in [0.25, 0.3) is 0 Å². The molecule has 6 nitrogen and oxygen atoms in total. The first-order valence-corrected chi connectivity index (χ1v) is 6.85. The molecule has 0 aromatic carbocycles. The van der Waals surface area contributed by atoms with E-state index in [1.807, 2.05) is 0 Å². The fraction of sp³-hybridized carbons (Fsp3) is 0.571. The molecule has 0 aliphatic rings. The number of anilines is 2. The van der Waals surface area contributed by atoms with Gasteiger partial charge in [-0.25, -0.2) is 9.78 Å². The van der Waals surface area contributed by atoms with Crippen molar-refractivity contribution in [3.8, 4) is 0 Å². The number of aromatic nitrogens is 1.